The molecular weight excluding hydrogens is 467 g/mol. The first-order valence-electron chi connectivity index (χ1n) is 10.2. The Labute approximate surface area is 196 Å². The second-order valence-electron chi connectivity index (χ2n) is 7.48. The van der Waals surface area contributed by atoms with Crippen LogP contribution >= 0.6 is 0 Å². The number of quaternary nitrogens is 1. The summed E-state index contributed by atoms with van der Waals surface area (Å²) >= 11 is 0. The van der Waals surface area contributed by atoms with Crippen LogP contribution in [0.5, 0.6) is 5.75 Å². The average molecular weight is 488 g/mol. The molecule has 14 heteroatoms. The van der Waals surface area contributed by atoms with Crippen molar-refractivity contribution < 1.29 is 23.2 Å². The number of nitrogens with two attached hydrogens (primary N) is 1. The highest BCUT2D eigenvalue weighted by Crippen LogP contribution is 2.30. The number of alkyl halides is 3. The van der Waals surface area contributed by atoms with E-state index in [2.05, 4.69) is 25.6 Å². The van der Waals surface area contributed by atoms with Gasteiger partial charge in [-0.25, -0.2) is 9.98 Å². The lowest BCUT2D eigenvalue weighted by molar-refractivity contribution is -0.529. The maximum absolute atomic E-state index is 13.2. The Morgan fingerprint density at radius 3 is 2.69 bits per heavy atom. The number of hydrogen-bond acceptors (Lipinski definition) is 8. The Balaban J connectivity index is 1.65. The van der Waals surface area contributed by atoms with Gasteiger partial charge in [0.25, 0.3) is 5.56 Å². The zero-order valence-corrected chi connectivity index (χ0v) is 18.8. The van der Waals surface area contributed by atoms with E-state index in [1.54, 1.807) is 37.9 Å². The van der Waals surface area contributed by atoms with E-state index in [4.69, 9.17) is 10.1 Å². The summed E-state index contributed by atoms with van der Waals surface area (Å²) < 4.78 is 47.8. The molecule has 11 nitrogen and oxygen atoms in total. The zero-order chi connectivity index (χ0) is 25.3. The number of aryl methyl sites for hydroxylation is 2. The molecule has 0 aliphatic carbocycles. The molecule has 0 unspecified atom stereocenters. The third kappa shape index (κ3) is 4.77. The summed E-state index contributed by atoms with van der Waals surface area (Å²) in [5.41, 5.74) is -0.558. The second kappa shape index (κ2) is 9.06. The zero-order valence-electron chi connectivity index (χ0n) is 18.8. The molecule has 182 valence electrons. The lowest BCUT2D eigenvalue weighted by Crippen LogP contribution is -2.78. The Hall–Kier alpha value is -4.46. The van der Waals surface area contributed by atoms with Crippen molar-refractivity contribution in [2.75, 3.05) is 12.4 Å². The first-order chi connectivity index (χ1) is 16.6. The maximum Gasteiger partial charge on any atom is 0.417 e. The molecule has 4 rings (SSSR count). The SMILES string of the molecule is CNC1=C[NH2+]/C(=C(\C=N)Oc2cnc3nc(Nc4cc(C(F)(F)F)cn(C)c4=O)n(C)c3c2)C=N1. The van der Waals surface area contributed by atoms with Gasteiger partial charge in [-0.1, -0.05) is 0 Å². The van der Waals surface area contributed by atoms with Crippen LogP contribution < -0.4 is 26.2 Å². The van der Waals surface area contributed by atoms with Gasteiger partial charge in [0.2, 0.25) is 11.7 Å². The van der Waals surface area contributed by atoms with Gasteiger partial charge in [0.05, 0.1) is 29.7 Å². The largest absolute Gasteiger partial charge is 0.448 e. The fourth-order valence-electron chi connectivity index (χ4n) is 3.28. The fourth-order valence-corrected chi connectivity index (χ4v) is 3.28. The van der Waals surface area contributed by atoms with Crippen LogP contribution in [0.4, 0.5) is 24.8 Å². The van der Waals surface area contributed by atoms with E-state index in [9.17, 15) is 18.0 Å². The maximum atomic E-state index is 13.2. The van der Waals surface area contributed by atoms with E-state index in [1.165, 1.54) is 17.8 Å². The van der Waals surface area contributed by atoms with Gasteiger partial charge in [-0.3, -0.25) is 10.1 Å². The monoisotopic (exact) mass is 488 g/mol. The summed E-state index contributed by atoms with van der Waals surface area (Å²) in [6.45, 7) is 0. The molecule has 3 aromatic heterocycles. The number of nitrogens with one attached hydrogen (secondary N) is 3. The summed E-state index contributed by atoms with van der Waals surface area (Å²) in [6.07, 6.45) is 1.85. The molecule has 1 aliphatic heterocycles. The van der Waals surface area contributed by atoms with Gasteiger partial charge >= 0.3 is 6.18 Å². The lowest BCUT2D eigenvalue weighted by Gasteiger charge is -2.12. The quantitative estimate of drug-likeness (QED) is 0.305. The molecule has 35 heavy (non-hydrogen) atoms. The summed E-state index contributed by atoms with van der Waals surface area (Å²) in [5.74, 6) is 1.31. The Kier molecular flexibility index (Phi) is 6.13. The number of aliphatic imine (C=N–C) groups is 1. The minimum Gasteiger partial charge on any atom is -0.448 e. The number of halogens is 3. The van der Waals surface area contributed by atoms with Crippen molar-refractivity contribution in [3.05, 3.63) is 63.9 Å². The highest BCUT2D eigenvalue weighted by Gasteiger charge is 2.32. The minimum absolute atomic E-state index is 0.115. The normalized spacial score (nSPS) is 15.1. The predicted octanol–water partition coefficient (Wildman–Crippen LogP) is 1.34. The van der Waals surface area contributed by atoms with Crippen molar-refractivity contribution in [1.29, 1.82) is 5.41 Å². The predicted molar refractivity (Wildman–Crippen MR) is 122 cm³/mol. The van der Waals surface area contributed by atoms with E-state index >= 15 is 0 Å². The van der Waals surface area contributed by atoms with Crippen molar-refractivity contribution in [1.82, 2.24) is 24.4 Å². The fraction of sp³-hybridized carbons (Fsp3) is 0.190. The number of pyridine rings is 2. The number of rotatable bonds is 6. The van der Waals surface area contributed by atoms with Gasteiger partial charge in [-0.15, -0.1) is 0 Å². The van der Waals surface area contributed by atoms with E-state index < -0.39 is 17.3 Å². The van der Waals surface area contributed by atoms with E-state index in [-0.39, 0.29) is 23.0 Å². The smallest absolute Gasteiger partial charge is 0.417 e. The van der Waals surface area contributed by atoms with Crippen molar-refractivity contribution >= 4 is 35.2 Å². The number of allylic oxidation sites excluding steroid dienone is 2. The van der Waals surface area contributed by atoms with Gasteiger partial charge in [0, 0.05) is 33.4 Å². The van der Waals surface area contributed by atoms with Crippen molar-refractivity contribution in [3.8, 4) is 5.75 Å². The minimum atomic E-state index is -4.62. The number of aromatic nitrogens is 4. The third-order valence-electron chi connectivity index (χ3n) is 5.13. The molecule has 5 N–H and O–H groups in total. The van der Waals surface area contributed by atoms with Crippen LogP contribution in [0.25, 0.3) is 11.2 Å². The number of ether oxygens (including phenoxy) is 1. The van der Waals surface area contributed by atoms with Crippen LogP contribution in [-0.2, 0) is 20.3 Å². The molecule has 0 radical (unpaired) electrons. The molecular formula is C21H21F3N9O2+. The topological polar surface area (TPSA) is 139 Å². The van der Waals surface area contributed by atoms with E-state index in [0.29, 0.717) is 22.8 Å². The van der Waals surface area contributed by atoms with Gasteiger partial charge in [-0.2, -0.15) is 18.2 Å². The van der Waals surface area contributed by atoms with Gasteiger partial charge in [0.1, 0.15) is 17.6 Å². The molecule has 0 fully saturated rings. The highest BCUT2D eigenvalue weighted by molar-refractivity contribution is 5.87. The molecule has 0 atom stereocenters. The molecule has 0 saturated heterocycles. The van der Waals surface area contributed by atoms with Gasteiger partial charge in [-0.05, 0) is 6.07 Å². The van der Waals surface area contributed by atoms with Crippen LogP contribution in [0.3, 0.4) is 0 Å². The van der Waals surface area contributed by atoms with Crippen molar-refractivity contribution in [3.63, 3.8) is 0 Å². The standard InChI is InChI=1S/C21H20F3N9O2/c1-26-17-9-27-14(8-28-17)16(6-25)35-12-5-15-18(29-7-12)31-20(33(15)3)30-13-4-11(21(22,23)24)10-32(2)19(13)34/h4-10,25-27H,1-3H3,(H,29,30,31)/p+1/b16-14+,25-6?. The molecule has 0 spiro atoms. The number of anilines is 2. The molecule has 0 aromatic carbocycles. The van der Waals surface area contributed by atoms with E-state index in [0.717, 1.165) is 23.0 Å². The summed E-state index contributed by atoms with van der Waals surface area (Å²) in [6, 6.07) is 2.35. The van der Waals surface area contributed by atoms with Crippen LogP contribution in [0.2, 0.25) is 0 Å². The van der Waals surface area contributed by atoms with Crippen molar-refractivity contribution in [2.45, 2.75) is 6.18 Å². The molecule has 4 heterocycles. The number of imidazole rings is 1. The van der Waals surface area contributed by atoms with Crippen LogP contribution in [0.15, 0.2) is 57.8 Å². The number of nitrogens with zero attached hydrogens (tertiary/aromatic N) is 5. The summed E-state index contributed by atoms with van der Waals surface area (Å²) in [4.78, 5) is 25.1. The average Bonchev–Trinajstić information content (AvgIpc) is 3.14. The van der Waals surface area contributed by atoms with Gasteiger partial charge < -0.3 is 29.9 Å². The molecule has 0 bridgehead atoms. The summed E-state index contributed by atoms with van der Waals surface area (Å²) in [5, 5.41) is 15.0. The molecule has 0 amide bonds. The van der Waals surface area contributed by atoms with Gasteiger partial charge in [0.15, 0.2) is 17.2 Å². The highest BCUT2D eigenvalue weighted by atomic mass is 19.4. The number of fused-ring (bicyclic) bond motifs is 1. The Morgan fingerprint density at radius 2 is 2.06 bits per heavy atom. The van der Waals surface area contributed by atoms with E-state index in [1.807, 2.05) is 0 Å². The Bertz CT molecular complexity index is 1470. The lowest BCUT2D eigenvalue weighted by atomic mass is 10.2. The molecule has 3 aromatic rings. The second-order valence-corrected chi connectivity index (χ2v) is 7.48. The number of hydrogen-bond donors (Lipinski definition) is 4. The van der Waals surface area contributed by atoms with Crippen molar-refractivity contribution in [2.24, 2.45) is 19.1 Å². The first kappa shape index (κ1) is 23.7. The van der Waals surface area contributed by atoms with Crippen LogP contribution in [0, 0.1) is 5.41 Å². The summed E-state index contributed by atoms with van der Waals surface area (Å²) in [7, 11) is 4.59. The third-order valence-corrected chi connectivity index (χ3v) is 5.13. The first-order valence-corrected chi connectivity index (χ1v) is 10.2. The van der Waals surface area contributed by atoms with Crippen LogP contribution in [0.1, 0.15) is 5.56 Å². The molecule has 0 saturated carbocycles. The Morgan fingerprint density at radius 1 is 1.29 bits per heavy atom. The molecule has 1 aliphatic rings. The van der Waals surface area contributed by atoms with Crippen LogP contribution in [-0.4, -0.2) is 38.6 Å².